The lowest BCUT2D eigenvalue weighted by atomic mass is 9.81. The van der Waals surface area contributed by atoms with Crippen molar-refractivity contribution in [1.82, 2.24) is 25.2 Å². The third-order valence-electron chi connectivity index (χ3n) is 17.3. The number of carbonyl (C=O) groups excluding carboxylic acids is 3. The summed E-state index contributed by atoms with van der Waals surface area (Å²) in [6, 6.07) is 21.9. The summed E-state index contributed by atoms with van der Waals surface area (Å²) in [7, 11) is -14.2. The van der Waals surface area contributed by atoms with Crippen LogP contribution in [0.1, 0.15) is 151 Å². The first-order valence-corrected chi connectivity index (χ1v) is 39.4. The molecule has 33 heteroatoms. The Kier molecular flexibility index (Phi) is 27.5. The van der Waals surface area contributed by atoms with Crippen LogP contribution in [0.2, 0.25) is 0 Å². The Hall–Kier alpha value is -6.87. The van der Waals surface area contributed by atoms with Crippen LogP contribution >= 0.6 is 45.1 Å². The molecule has 2 aromatic heterocycles. The van der Waals surface area contributed by atoms with Gasteiger partial charge in [0.1, 0.15) is 55.3 Å². The molecule has 0 bridgehead atoms. The lowest BCUT2D eigenvalue weighted by molar-refractivity contribution is -0.438. The number of aliphatic carboxylic acids is 2. The molecule has 3 aliphatic rings. The number of carboxylic acid groups (broad SMARTS) is 2. The van der Waals surface area contributed by atoms with Crippen LogP contribution in [0.5, 0.6) is 0 Å². The molecule has 3 aliphatic heterocycles. The summed E-state index contributed by atoms with van der Waals surface area (Å²) in [5.74, 6) is 1.78. The summed E-state index contributed by atoms with van der Waals surface area (Å²) in [5.41, 5.74) is 15.9. The highest BCUT2D eigenvalue weighted by Crippen LogP contribution is 2.66. The van der Waals surface area contributed by atoms with Crippen LogP contribution in [0.3, 0.4) is 0 Å². The average molecular weight is 1480 g/mol. The summed E-state index contributed by atoms with van der Waals surface area (Å²) in [6.45, 7) is 14.0. The maximum absolute atomic E-state index is 14.3. The second-order valence-electron chi connectivity index (χ2n) is 25.3. The van der Waals surface area contributed by atoms with E-state index in [0.717, 1.165) is 37.2 Å². The second kappa shape index (κ2) is 34.9. The van der Waals surface area contributed by atoms with Crippen molar-refractivity contribution in [3.8, 4) is 11.8 Å². The standard InChI is InChI=1S/C67H85N8O20P3S2/c1-7-73-51-32-30-43(2)36-47(51)67(5,6)56(73)26-18-27-57-66(3,4)46-23-14-15-24-50(46)74(57)34-16-9-8-13-28-58(78)71-48(65(83)72-49(37-61(81)82)52(76)25-17-29-60(79)80)31-33-55(44-20-11-10-12-21-44)100-99-42-91-35-19-22-45-39-75(64-62(45)63(68)69-41-70-64)59-38-53(77)54(93-59)40-92-97(87,88)95-98(89,90)94-96(84,85)86/h10-12,14-15,18,20-21,23-24,26-27,30,32,36,39,41,48-49,53-55,59,77H,7-9,13,16-17,25,28-29,31,33-35,37-38,40,42H2,1-6H3,(H9-,68,69,70,71,72,78,79,80,81,82,83,84,85,86,87,88,89,90)/p+1. The SMILES string of the molecule is CCN1C(=CC=CC2=[N+](CCCCCCC(=O)NC(CCC(SSCOCC#Cc3cn(C4CC(O)C(COP(=O)(O)OP(=O)(O)OP(=O)(O)O)O4)c4ncnc(N)c34)c3ccccc3)C(=O)NC(CC(=O)O)C(=O)CCCC(=O)O)c3ccccc3C2(C)C)C(C)(C)c2cc(C)ccc21. The first-order chi connectivity index (χ1) is 47.3. The van der Waals surface area contributed by atoms with Crippen LogP contribution in [0, 0.1) is 18.8 Å². The highest BCUT2D eigenvalue weighted by atomic mass is 33.1. The number of unbranched alkanes of at least 4 members (excludes halogenated alkanes) is 3. The quantitative estimate of drug-likeness (QED) is 0.00441. The van der Waals surface area contributed by atoms with E-state index in [1.807, 2.05) is 30.3 Å². The van der Waals surface area contributed by atoms with Gasteiger partial charge >= 0.3 is 35.4 Å². The lowest BCUT2D eigenvalue weighted by Gasteiger charge is -2.25. The van der Waals surface area contributed by atoms with Crippen molar-refractivity contribution in [2.24, 2.45) is 0 Å². The Morgan fingerprint density at radius 1 is 0.850 bits per heavy atom. The van der Waals surface area contributed by atoms with Gasteiger partial charge in [-0.1, -0.05) is 126 Å². The van der Waals surface area contributed by atoms with Crippen LogP contribution in [0.4, 0.5) is 17.2 Å². The third kappa shape index (κ3) is 21.1. The fourth-order valence-electron chi connectivity index (χ4n) is 12.5. The first kappa shape index (κ1) is 78.8. The van der Waals surface area contributed by atoms with Gasteiger partial charge in [-0.15, -0.1) is 0 Å². The molecule has 5 aromatic rings. The number of nitrogens with zero attached hydrogens (tertiary/aromatic N) is 5. The molecule has 0 aliphatic carbocycles. The van der Waals surface area contributed by atoms with E-state index in [-0.39, 0.29) is 78.6 Å². The minimum absolute atomic E-state index is 0.0486. The molecule has 8 unspecified atom stereocenters. The zero-order valence-electron chi connectivity index (χ0n) is 56.2. The van der Waals surface area contributed by atoms with E-state index in [1.165, 1.54) is 72.5 Å². The zero-order valence-corrected chi connectivity index (χ0v) is 60.5. The molecule has 5 heterocycles. The normalized spacial score (nSPS) is 19.5. The number of carbonyl (C=O) groups is 5. The van der Waals surface area contributed by atoms with Crippen LogP contribution in [0.25, 0.3) is 11.0 Å². The number of fused-ring (bicyclic) bond motifs is 3. The van der Waals surface area contributed by atoms with Crippen molar-refractivity contribution in [1.29, 1.82) is 0 Å². The fourth-order valence-corrected chi connectivity index (χ4v) is 17.9. The number of ketones is 1. The van der Waals surface area contributed by atoms with Crippen molar-refractivity contribution in [3.63, 3.8) is 0 Å². The van der Waals surface area contributed by atoms with E-state index >= 15 is 0 Å². The van der Waals surface area contributed by atoms with Gasteiger partial charge in [-0.3, -0.25) is 28.5 Å². The van der Waals surface area contributed by atoms with Gasteiger partial charge in [0.05, 0.1) is 41.5 Å². The van der Waals surface area contributed by atoms with Crippen LogP contribution < -0.4 is 21.3 Å². The number of benzene rings is 3. The highest BCUT2D eigenvalue weighted by Gasteiger charge is 2.46. The maximum Gasteiger partial charge on any atom is 0.490 e. The number of hydrogen-bond acceptors (Lipinski definition) is 20. The number of phosphoric acid groups is 3. The molecule has 3 aromatic carbocycles. The predicted octanol–water partition coefficient (Wildman–Crippen LogP) is 10.1. The number of aromatic nitrogens is 3. The number of aryl methyl sites for hydroxylation is 1. The van der Waals surface area contributed by atoms with Crippen LogP contribution in [0.15, 0.2) is 109 Å². The van der Waals surface area contributed by atoms with Gasteiger partial charge in [0.25, 0.3) is 0 Å². The molecule has 1 fully saturated rings. The van der Waals surface area contributed by atoms with Crippen LogP contribution in [-0.2, 0) is 71.1 Å². The van der Waals surface area contributed by atoms with Crippen LogP contribution in [-0.4, -0.2) is 146 Å². The van der Waals surface area contributed by atoms with E-state index < -0.39 is 96.6 Å². The van der Waals surface area contributed by atoms with Crippen molar-refractivity contribution in [2.75, 3.05) is 42.9 Å². The number of anilines is 2. The van der Waals surface area contributed by atoms with Gasteiger partial charge in [0.2, 0.25) is 17.5 Å². The number of amides is 2. The van der Waals surface area contributed by atoms with E-state index in [4.69, 9.17) is 25.0 Å². The molecule has 0 saturated carbocycles. The Morgan fingerprint density at radius 3 is 2.30 bits per heavy atom. The van der Waals surface area contributed by atoms with E-state index in [0.29, 0.717) is 30.2 Å². The molecule has 28 nitrogen and oxygen atoms in total. The van der Waals surface area contributed by atoms with E-state index in [2.05, 4.69) is 157 Å². The number of aliphatic hydroxyl groups excluding tert-OH is 1. The molecule has 8 atom stereocenters. The Labute approximate surface area is 587 Å². The summed E-state index contributed by atoms with van der Waals surface area (Å²) in [5, 5.41) is 35.3. The number of hydrogen-bond donors (Lipinski definition) is 10. The number of likely N-dealkylation sites (N-methyl/N-ethyl adjacent to an activating group) is 1. The molecule has 8 rings (SSSR count). The van der Waals surface area contributed by atoms with E-state index in [1.54, 1.807) is 0 Å². The van der Waals surface area contributed by atoms with Gasteiger partial charge in [0.15, 0.2) is 11.5 Å². The minimum Gasteiger partial charge on any atom is -0.481 e. The number of carboxylic acids is 2. The largest absolute Gasteiger partial charge is 0.490 e. The maximum atomic E-state index is 14.3. The zero-order chi connectivity index (χ0) is 72.7. The summed E-state index contributed by atoms with van der Waals surface area (Å²) in [6.07, 6.45) is 7.47. The number of phosphoric ester groups is 1. The molecule has 11 N–H and O–H groups in total. The summed E-state index contributed by atoms with van der Waals surface area (Å²) < 4.78 is 63.0. The number of nitrogens with one attached hydrogen (secondary N) is 2. The Morgan fingerprint density at radius 2 is 1.58 bits per heavy atom. The van der Waals surface area contributed by atoms with Gasteiger partial charge in [0, 0.05) is 84.6 Å². The number of Topliss-reactive ketones (excluding diaryl/α,β-unsaturated/α-hetero) is 1. The number of ether oxygens (including phenoxy) is 2. The average Bonchev–Trinajstić information content (AvgIpc) is 1.61. The number of allylic oxidation sites excluding steroid dienone is 4. The Bertz CT molecular complexity index is 4120. The smallest absolute Gasteiger partial charge is 0.481 e. The summed E-state index contributed by atoms with van der Waals surface area (Å²) in [4.78, 5) is 113. The molecule has 1 saturated heterocycles. The summed E-state index contributed by atoms with van der Waals surface area (Å²) >= 11 is 0. The van der Waals surface area contributed by atoms with Crippen molar-refractivity contribution >= 4 is 109 Å². The molecular formula is C67H86N8O20P3S2+. The van der Waals surface area contributed by atoms with Gasteiger partial charge < -0.3 is 70.2 Å². The predicted molar refractivity (Wildman–Crippen MR) is 377 cm³/mol. The third-order valence-corrected chi connectivity index (χ3v) is 23.7. The minimum atomic E-state index is -5.80. The topological polar surface area (TPSA) is 411 Å². The van der Waals surface area contributed by atoms with Crippen molar-refractivity contribution < 1.29 is 99.8 Å². The second-order valence-corrected chi connectivity index (χ2v) is 32.3. The van der Waals surface area contributed by atoms with Gasteiger partial charge in [-0.05, 0) is 83.1 Å². The molecule has 0 radical (unpaired) electrons. The molecule has 2 amide bonds. The number of nitrogen functional groups attached to an aromatic ring is 1. The fraction of sp³-hybridized carbons (Fsp3) is 0.463. The van der Waals surface area contributed by atoms with Gasteiger partial charge in [-0.2, -0.15) is 13.2 Å². The van der Waals surface area contributed by atoms with Gasteiger partial charge in [-0.25, -0.2) is 23.7 Å². The first-order valence-electron chi connectivity index (χ1n) is 32.5. The molecular weight excluding hydrogens is 1390 g/mol. The van der Waals surface area contributed by atoms with Crippen molar-refractivity contribution in [3.05, 3.63) is 137 Å². The van der Waals surface area contributed by atoms with Crippen molar-refractivity contribution in [2.45, 2.75) is 165 Å². The monoisotopic (exact) mass is 1480 g/mol. The number of para-hydroxylation sites is 1. The number of nitrogens with two attached hydrogens (primary N) is 1. The lowest BCUT2D eigenvalue weighted by Crippen LogP contribution is -2.52. The molecule has 0 spiro atoms. The number of aliphatic hydroxyl groups is 1. The molecule has 100 heavy (non-hydrogen) atoms. The molecule has 540 valence electrons. The van der Waals surface area contributed by atoms with E-state index in [9.17, 15) is 62.8 Å². The number of rotatable bonds is 37. The highest BCUT2D eigenvalue weighted by molar-refractivity contribution is 8.76. The Balaban J connectivity index is 0.886.